The molecule has 0 amide bonds. The lowest BCUT2D eigenvalue weighted by Gasteiger charge is -2.18. The van der Waals surface area contributed by atoms with Crippen LogP contribution in [0.25, 0.3) is 0 Å². The number of rotatable bonds is 6. The first-order valence-corrected chi connectivity index (χ1v) is 8.85. The van der Waals surface area contributed by atoms with E-state index in [-0.39, 0.29) is 11.9 Å². The summed E-state index contributed by atoms with van der Waals surface area (Å²) in [5.74, 6) is -0.231. The predicted molar refractivity (Wildman–Crippen MR) is 93.2 cm³/mol. The fraction of sp³-hybridized carbons (Fsp3) is 0.333. The van der Waals surface area contributed by atoms with Crippen molar-refractivity contribution in [3.63, 3.8) is 0 Å². The lowest BCUT2D eigenvalue weighted by Crippen LogP contribution is -2.24. The third kappa shape index (κ3) is 4.41. The first kappa shape index (κ1) is 16.2. The Bertz CT molecular complexity index is 573. The molecule has 0 aliphatic heterocycles. The highest BCUT2D eigenvalue weighted by Crippen LogP contribution is 2.26. The average molecular weight is 424 g/mol. The minimum Gasteiger partial charge on any atom is -0.310 e. The average Bonchev–Trinajstić information content (AvgIpc) is 2.83. The van der Waals surface area contributed by atoms with Crippen LogP contribution in [0.2, 0.25) is 5.02 Å². The molecule has 2 aromatic rings. The van der Waals surface area contributed by atoms with Crippen LogP contribution in [0, 0.1) is 8.70 Å². The maximum Gasteiger partial charge on any atom is 0.127 e. The maximum atomic E-state index is 13.9. The Labute approximate surface area is 141 Å². The fourth-order valence-corrected chi connectivity index (χ4v) is 3.62. The van der Waals surface area contributed by atoms with Crippen molar-refractivity contribution < 1.29 is 4.39 Å². The molecular formula is C15H16ClFINS. The van der Waals surface area contributed by atoms with E-state index in [4.69, 9.17) is 11.6 Å². The highest BCUT2D eigenvalue weighted by molar-refractivity contribution is 14.1. The second-order valence-corrected chi connectivity index (χ2v) is 7.87. The molecule has 1 atom stereocenters. The normalized spacial score (nSPS) is 12.6. The van der Waals surface area contributed by atoms with Crippen LogP contribution in [0.3, 0.4) is 0 Å². The van der Waals surface area contributed by atoms with Gasteiger partial charge in [-0.05, 0) is 76.7 Å². The quantitative estimate of drug-likeness (QED) is 0.611. The molecule has 1 nitrogen and oxygen atoms in total. The van der Waals surface area contributed by atoms with Gasteiger partial charge in [0.05, 0.1) is 2.88 Å². The molecule has 0 saturated heterocycles. The van der Waals surface area contributed by atoms with Crippen LogP contribution in [-0.2, 0) is 6.42 Å². The zero-order valence-corrected chi connectivity index (χ0v) is 14.9. The van der Waals surface area contributed by atoms with Gasteiger partial charge >= 0.3 is 0 Å². The SMILES string of the molecule is CCCNC(Cc1ccc(Cl)cc1F)c1csc(I)c1. The van der Waals surface area contributed by atoms with Crippen LogP contribution in [0.4, 0.5) is 4.39 Å². The van der Waals surface area contributed by atoms with E-state index >= 15 is 0 Å². The molecule has 0 saturated carbocycles. The number of benzene rings is 1. The van der Waals surface area contributed by atoms with E-state index in [9.17, 15) is 4.39 Å². The van der Waals surface area contributed by atoms with Crippen molar-refractivity contribution in [2.45, 2.75) is 25.8 Å². The van der Waals surface area contributed by atoms with Gasteiger partial charge in [-0.25, -0.2) is 4.39 Å². The first-order valence-electron chi connectivity index (χ1n) is 6.51. The van der Waals surface area contributed by atoms with Gasteiger partial charge in [-0.15, -0.1) is 11.3 Å². The molecule has 0 aliphatic rings. The van der Waals surface area contributed by atoms with Crippen LogP contribution >= 0.6 is 45.5 Å². The standard InChI is InChI=1S/C15H16ClFINS/c1-2-5-19-14(11-7-15(18)20-9-11)6-10-3-4-12(16)8-13(10)17/h3-4,7-9,14,19H,2,5-6H2,1H3. The van der Waals surface area contributed by atoms with Crippen molar-refractivity contribution in [3.05, 3.63) is 54.5 Å². The minimum atomic E-state index is -0.231. The molecule has 2 rings (SSSR count). The zero-order chi connectivity index (χ0) is 14.5. The van der Waals surface area contributed by atoms with Crippen molar-refractivity contribution >= 4 is 45.5 Å². The van der Waals surface area contributed by atoms with E-state index in [1.807, 2.05) is 0 Å². The van der Waals surface area contributed by atoms with E-state index in [0.717, 1.165) is 13.0 Å². The zero-order valence-electron chi connectivity index (χ0n) is 11.1. The highest BCUT2D eigenvalue weighted by Gasteiger charge is 2.15. The van der Waals surface area contributed by atoms with Crippen LogP contribution in [0.5, 0.6) is 0 Å². The van der Waals surface area contributed by atoms with Crippen molar-refractivity contribution in [3.8, 4) is 0 Å². The summed E-state index contributed by atoms with van der Waals surface area (Å²) in [5, 5.41) is 6.07. The molecule has 0 fully saturated rings. The van der Waals surface area contributed by atoms with Gasteiger partial charge in [0, 0.05) is 11.1 Å². The van der Waals surface area contributed by atoms with E-state index < -0.39 is 0 Å². The van der Waals surface area contributed by atoms with E-state index in [2.05, 4.69) is 46.3 Å². The summed E-state index contributed by atoms with van der Waals surface area (Å²) < 4.78 is 15.2. The van der Waals surface area contributed by atoms with Gasteiger partial charge in [0.15, 0.2) is 0 Å². The van der Waals surface area contributed by atoms with Crippen molar-refractivity contribution in [1.29, 1.82) is 0 Å². The molecule has 1 aromatic heterocycles. The second kappa shape index (κ2) is 7.73. The Hall–Kier alpha value is -0.170. The molecule has 1 heterocycles. The minimum absolute atomic E-state index is 0.144. The molecule has 0 radical (unpaired) electrons. The highest BCUT2D eigenvalue weighted by atomic mass is 127. The van der Waals surface area contributed by atoms with Gasteiger partial charge in [0.1, 0.15) is 5.82 Å². The number of hydrogen-bond acceptors (Lipinski definition) is 2. The second-order valence-electron chi connectivity index (χ2n) is 4.63. The van der Waals surface area contributed by atoms with Gasteiger partial charge in [0.2, 0.25) is 0 Å². The number of halogens is 3. The van der Waals surface area contributed by atoms with Gasteiger partial charge in [-0.2, -0.15) is 0 Å². The van der Waals surface area contributed by atoms with Crippen molar-refractivity contribution in [1.82, 2.24) is 5.32 Å². The van der Waals surface area contributed by atoms with Gasteiger partial charge in [-0.1, -0.05) is 24.6 Å². The molecule has 108 valence electrons. The Kier molecular flexibility index (Phi) is 6.26. The lowest BCUT2D eigenvalue weighted by molar-refractivity contribution is 0.514. The smallest absolute Gasteiger partial charge is 0.127 e. The van der Waals surface area contributed by atoms with Gasteiger partial charge in [0.25, 0.3) is 0 Å². The molecule has 5 heteroatoms. The van der Waals surface area contributed by atoms with E-state index in [0.29, 0.717) is 17.0 Å². The Morgan fingerprint density at radius 2 is 2.20 bits per heavy atom. The van der Waals surface area contributed by atoms with Gasteiger partial charge < -0.3 is 5.32 Å². The number of thiophene rings is 1. The largest absolute Gasteiger partial charge is 0.310 e. The summed E-state index contributed by atoms with van der Waals surface area (Å²) in [4.78, 5) is 0. The topological polar surface area (TPSA) is 12.0 Å². The number of hydrogen-bond donors (Lipinski definition) is 1. The number of nitrogens with one attached hydrogen (secondary N) is 1. The molecule has 20 heavy (non-hydrogen) atoms. The summed E-state index contributed by atoms with van der Waals surface area (Å²) >= 11 is 9.83. The Morgan fingerprint density at radius 3 is 2.80 bits per heavy atom. The summed E-state index contributed by atoms with van der Waals surface area (Å²) in [6.45, 7) is 3.05. The third-order valence-corrected chi connectivity index (χ3v) is 5.11. The van der Waals surface area contributed by atoms with Crippen LogP contribution in [-0.4, -0.2) is 6.54 Å². The molecule has 0 bridgehead atoms. The van der Waals surface area contributed by atoms with Crippen LogP contribution < -0.4 is 5.32 Å². The maximum absolute atomic E-state index is 13.9. The molecule has 1 unspecified atom stereocenters. The molecule has 0 spiro atoms. The van der Waals surface area contributed by atoms with E-state index in [1.54, 1.807) is 23.5 Å². The summed E-state index contributed by atoms with van der Waals surface area (Å²) in [7, 11) is 0. The van der Waals surface area contributed by atoms with E-state index in [1.165, 1.54) is 14.5 Å². The first-order chi connectivity index (χ1) is 9.60. The monoisotopic (exact) mass is 423 g/mol. The molecule has 1 N–H and O–H groups in total. The lowest BCUT2D eigenvalue weighted by atomic mass is 10.0. The van der Waals surface area contributed by atoms with Crippen molar-refractivity contribution in [2.75, 3.05) is 6.54 Å². The van der Waals surface area contributed by atoms with Crippen molar-refractivity contribution in [2.24, 2.45) is 0 Å². The molecule has 0 aliphatic carbocycles. The summed E-state index contributed by atoms with van der Waals surface area (Å²) in [5.41, 5.74) is 1.92. The fourth-order valence-electron chi connectivity index (χ4n) is 2.04. The Balaban J connectivity index is 2.18. The predicted octanol–water partition coefficient (Wildman–Crippen LogP) is 5.43. The van der Waals surface area contributed by atoms with Crippen LogP contribution in [0.15, 0.2) is 29.6 Å². The van der Waals surface area contributed by atoms with Gasteiger partial charge in [-0.3, -0.25) is 0 Å². The summed E-state index contributed by atoms with van der Waals surface area (Å²) in [6, 6.07) is 7.20. The molecular weight excluding hydrogens is 408 g/mol. The van der Waals surface area contributed by atoms with Crippen LogP contribution in [0.1, 0.15) is 30.5 Å². The third-order valence-electron chi connectivity index (χ3n) is 3.07. The molecule has 1 aromatic carbocycles. The Morgan fingerprint density at radius 1 is 1.40 bits per heavy atom. The summed E-state index contributed by atoms with van der Waals surface area (Å²) in [6.07, 6.45) is 1.69.